The molecule has 0 atom stereocenters. The Morgan fingerprint density at radius 2 is 1.81 bits per heavy atom. The van der Waals surface area contributed by atoms with Gasteiger partial charge in [0.15, 0.2) is 0 Å². The van der Waals surface area contributed by atoms with Crippen LogP contribution in [0.1, 0.15) is 36.7 Å². The number of halogens is 1. The fourth-order valence-corrected chi connectivity index (χ4v) is 2.13. The summed E-state index contributed by atoms with van der Waals surface area (Å²) in [5, 5.41) is 12.4. The summed E-state index contributed by atoms with van der Waals surface area (Å²) in [5.41, 5.74) is 1.39. The molecule has 0 fully saturated rings. The van der Waals surface area contributed by atoms with E-state index in [1.807, 2.05) is 39.0 Å². The molecule has 2 aromatic rings. The maximum atomic E-state index is 13.2. The van der Waals surface area contributed by atoms with E-state index < -0.39 is 11.7 Å². The molecule has 2 aromatic carbocycles. The molecule has 0 aliphatic heterocycles. The number of para-hydroxylation sites is 1. The topological polar surface area (TPSA) is 49.3 Å². The number of carbonyl (C=O) groups is 1. The molecule has 0 saturated heterocycles. The van der Waals surface area contributed by atoms with E-state index in [-0.39, 0.29) is 16.7 Å². The Kier molecular flexibility index (Phi) is 3.98. The molecule has 1 amide bonds. The van der Waals surface area contributed by atoms with Crippen LogP contribution in [0.5, 0.6) is 5.75 Å². The summed E-state index contributed by atoms with van der Waals surface area (Å²) in [5.74, 6) is -1.35. The number of carbonyl (C=O) groups excluding carboxylic acids is 1. The van der Waals surface area contributed by atoms with Crippen LogP contribution in [0.25, 0.3) is 0 Å². The van der Waals surface area contributed by atoms with Crippen molar-refractivity contribution in [3.8, 4) is 5.75 Å². The van der Waals surface area contributed by atoms with Gasteiger partial charge >= 0.3 is 0 Å². The Bertz CT molecular complexity index is 675. The fraction of sp³-hybridized carbons (Fsp3) is 0.235. The largest absolute Gasteiger partial charge is 0.507 e. The third-order valence-electron chi connectivity index (χ3n) is 3.19. The second kappa shape index (κ2) is 5.56. The van der Waals surface area contributed by atoms with Gasteiger partial charge in [-0.15, -0.1) is 0 Å². The molecule has 110 valence electrons. The number of amides is 1. The van der Waals surface area contributed by atoms with Crippen LogP contribution in [-0.4, -0.2) is 11.0 Å². The smallest absolute Gasteiger partial charge is 0.259 e. The van der Waals surface area contributed by atoms with Gasteiger partial charge in [0.05, 0.1) is 5.56 Å². The second-order valence-electron chi connectivity index (χ2n) is 5.91. The monoisotopic (exact) mass is 287 g/mol. The number of phenols is 1. The van der Waals surface area contributed by atoms with Crippen LogP contribution >= 0.6 is 0 Å². The van der Waals surface area contributed by atoms with E-state index in [4.69, 9.17) is 0 Å². The highest BCUT2D eigenvalue weighted by molar-refractivity contribution is 6.06. The Morgan fingerprint density at radius 1 is 1.14 bits per heavy atom. The van der Waals surface area contributed by atoms with Crippen LogP contribution in [0.3, 0.4) is 0 Å². The minimum Gasteiger partial charge on any atom is -0.507 e. The highest BCUT2D eigenvalue weighted by Crippen LogP contribution is 2.30. The Balaban J connectivity index is 2.35. The van der Waals surface area contributed by atoms with Crippen LogP contribution in [0.15, 0.2) is 42.5 Å². The maximum Gasteiger partial charge on any atom is 0.259 e. The molecule has 0 saturated carbocycles. The molecule has 21 heavy (non-hydrogen) atoms. The van der Waals surface area contributed by atoms with Gasteiger partial charge in [-0.05, 0) is 35.2 Å². The molecular weight excluding hydrogens is 269 g/mol. The number of hydrogen-bond acceptors (Lipinski definition) is 2. The van der Waals surface area contributed by atoms with Crippen molar-refractivity contribution in [2.75, 3.05) is 5.32 Å². The lowest BCUT2D eigenvalue weighted by Gasteiger charge is -2.23. The van der Waals surface area contributed by atoms with Crippen molar-refractivity contribution < 1.29 is 14.3 Å². The fourth-order valence-electron chi connectivity index (χ4n) is 2.13. The zero-order valence-corrected chi connectivity index (χ0v) is 12.3. The summed E-state index contributed by atoms with van der Waals surface area (Å²) in [6.07, 6.45) is 0. The van der Waals surface area contributed by atoms with Gasteiger partial charge in [-0.3, -0.25) is 4.79 Å². The number of rotatable bonds is 2. The number of anilines is 1. The molecule has 2 rings (SSSR count). The normalized spacial score (nSPS) is 11.2. The molecule has 0 radical (unpaired) electrons. The van der Waals surface area contributed by atoms with Gasteiger partial charge in [0.2, 0.25) is 0 Å². The highest BCUT2D eigenvalue weighted by atomic mass is 19.1. The Morgan fingerprint density at radius 3 is 2.48 bits per heavy atom. The van der Waals surface area contributed by atoms with Crippen molar-refractivity contribution in [1.82, 2.24) is 0 Å². The molecule has 0 aromatic heterocycles. The van der Waals surface area contributed by atoms with Crippen LogP contribution in [0, 0.1) is 5.82 Å². The quantitative estimate of drug-likeness (QED) is 0.874. The van der Waals surface area contributed by atoms with E-state index in [9.17, 15) is 14.3 Å². The number of benzene rings is 2. The first-order valence-corrected chi connectivity index (χ1v) is 6.68. The molecule has 0 bridgehead atoms. The molecule has 0 heterocycles. The lowest BCUT2D eigenvalue weighted by Crippen LogP contribution is -2.18. The van der Waals surface area contributed by atoms with Crippen LogP contribution in [0.2, 0.25) is 0 Å². The lowest BCUT2D eigenvalue weighted by atomic mass is 9.86. The zero-order valence-electron chi connectivity index (χ0n) is 12.3. The van der Waals surface area contributed by atoms with Crippen molar-refractivity contribution in [3.05, 3.63) is 59.4 Å². The molecule has 2 N–H and O–H groups in total. The molecule has 0 aliphatic carbocycles. The first kappa shape index (κ1) is 15.0. The summed E-state index contributed by atoms with van der Waals surface area (Å²) in [4.78, 5) is 12.2. The van der Waals surface area contributed by atoms with Gasteiger partial charge in [0, 0.05) is 5.69 Å². The third-order valence-corrected chi connectivity index (χ3v) is 3.19. The predicted octanol–water partition coefficient (Wildman–Crippen LogP) is 4.08. The van der Waals surface area contributed by atoms with Gasteiger partial charge in [-0.25, -0.2) is 4.39 Å². The number of nitrogens with one attached hydrogen (secondary N) is 1. The maximum absolute atomic E-state index is 13.2. The van der Waals surface area contributed by atoms with Crippen molar-refractivity contribution in [2.45, 2.75) is 26.2 Å². The average Bonchev–Trinajstić information content (AvgIpc) is 2.41. The average molecular weight is 287 g/mol. The van der Waals surface area contributed by atoms with Gasteiger partial charge in [0.1, 0.15) is 11.6 Å². The second-order valence-corrected chi connectivity index (χ2v) is 5.91. The lowest BCUT2D eigenvalue weighted by molar-refractivity contribution is 0.102. The summed E-state index contributed by atoms with van der Waals surface area (Å²) >= 11 is 0. The van der Waals surface area contributed by atoms with E-state index in [1.54, 1.807) is 6.07 Å². The Hall–Kier alpha value is -2.36. The van der Waals surface area contributed by atoms with Crippen LogP contribution < -0.4 is 5.32 Å². The van der Waals surface area contributed by atoms with Gasteiger partial charge in [-0.2, -0.15) is 0 Å². The van der Waals surface area contributed by atoms with Crippen molar-refractivity contribution in [1.29, 1.82) is 0 Å². The molecule has 0 spiro atoms. The van der Waals surface area contributed by atoms with Crippen molar-refractivity contribution in [3.63, 3.8) is 0 Å². The van der Waals surface area contributed by atoms with Gasteiger partial charge in [-0.1, -0.05) is 39.0 Å². The highest BCUT2D eigenvalue weighted by Gasteiger charge is 2.20. The summed E-state index contributed by atoms with van der Waals surface area (Å²) < 4.78 is 13.2. The van der Waals surface area contributed by atoms with E-state index >= 15 is 0 Å². The van der Waals surface area contributed by atoms with Crippen molar-refractivity contribution >= 4 is 11.6 Å². The first-order chi connectivity index (χ1) is 9.79. The zero-order chi connectivity index (χ0) is 15.6. The predicted molar refractivity (Wildman–Crippen MR) is 81.2 cm³/mol. The standard InChI is InChI=1S/C17H18FNO2/c1-17(2,3)13-6-4-5-7-14(13)19-16(21)12-10-11(18)8-9-15(12)20/h4-10,20H,1-3H3,(H,19,21). The summed E-state index contributed by atoms with van der Waals surface area (Å²) in [7, 11) is 0. The first-order valence-electron chi connectivity index (χ1n) is 6.68. The van der Waals surface area contributed by atoms with Crippen LogP contribution in [-0.2, 0) is 5.41 Å². The molecule has 0 unspecified atom stereocenters. The van der Waals surface area contributed by atoms with Crippen molar-refractivity contribution in [2.24, 2.45) is 0 Å². The minimum absolute atomic E-state index is 0.0845. The summed E-state index contributed by atoms with van der Waals surface area (Å²) in [6.45, 7) is 6.12. The van der Waals surface area contributed by atoms with E-state index in [1.165, 1.54) is 6.07 Å². The van der Waals surface area contributed by atoms with Gasteiger partial charge < -0.3 is 10.4 Å². The SMILES string of the molecule is CC(C)(C)c1ccccc1NC(=O)c1cc(F)ccc1O. The molecular formula is C17H18FNO2. The van der Waals surface area contributed by atoms with Crippen LogP contribution in [0.4, 0.5) is 10.1 Å². The molecule has 0 aliphatic rings. The number of phenolic OH excluding ortho intramolecular Hbond substituents is 1. The number of aromatic hydroxyl groups is 1. The van der Waals surface area contributed by atoms with E-state index in [2.05, 4.69) is 5.32 Å². The van der Waals surface area contributed by atoms with Gasteiger partial charge in [0.25, 0.3) is 5.91 Å². The molecule has 3 nitrogen and oxygen atoms in total. The third kappa shape index (κ3) is 3.40. The number of hydrogen-bond donors (Lipinski definition) is 2. The minimum atomic E-state index is -0.568. The van der Waals surface area contributed by atoms with E-state index in [0.29, 0.717) is 5.69 Å². The summed E-state index contributed by atoms with van der Waals surface area (Å²) in [6, 6.07) is 10.7. The molecule has 4 heteroatoms. The van der Waals surface area contributed by atoms with E-state index in [0.717, 1.165) is 17.7 Å². The Labute approximate surface area is 123 Å².